The molecule has 6 amide bonds. The van der Waals surface area contributed by atoms with E-state index in [-0.39, 0.29) is 41.5 Å². The Bertz CT molecular complexity index is 1470. The molecule has 2 saturated heterocycles. The largest absolute Gasteiger partial charge is 0.573 e. The highest BCUT2D eigenvalue weighted by Crippen LogP contribution is 2.30. The normalized spacial score (nSPS) is 16.3. The molecule has 288 valence electrons. The molecule has 4 N–H and O–H groups in total. The molecule has 2 aliphatic rings. The van der Waals surface area contributed by atoms with Crippen molar-refractivity contribution in [3.63, 3.8) is 0 Å². The van der Waals surface area contributed by atoms with E-state index in [1.807, 2.05) is 32.6 Å². The third-order valence-corrected chi connectivity index (χ3v) is 8.63. The molecule has 2 aromatic rings. The molecule has 1 atom stereocenters. The number of hydrogen-bond donors (Lipinski definition) is 4. The van der Waals surface area contributed by atoms with Gasteiger partial charge in [0.15, 0.2) is 0 Å². The van der Waals surface area contributed by atoms with Crippen LogP contribution in [0.2, 0.25) is 0 Å². The summed E-state index contributed by atoms with van der Waals surface area (Å²) >= 11 is 0. The van der Waals surface area contributed by atoms with Crippen molar-refractivity contribution in [3.05, 3.63) is 54.1 Å². The van der Waals surface area contributed by atoms with E-state index < -0.39 is 30.2 Å². The number of rotatable bonds is 8. The molecule has 2 fully saturated rings. The second-order valence-electron chi connectivity index (χ2n) is 13.0. The van der Waals surface area contributed by atoms with Gasteiger partial charge in [-0.1, -0.05) is 27.7 Å². The van der Waals surface area contributed by atoms with E-state index in [1.54, 1.807) is 4.90 Å². The highest BCUT2D eigenvalue weighted by molar-refractivity contribution is 5.90. The Morgan fingerprint density at radius 2 is 1.10 bits per heavy atom. The minimum Gasteiger partial charge on any atom is -0.406 e. The van der Waals surface area contributed by atoms with E-state index in [4.69, 9.17) is 0 Å². The molecule has 0 bridgehead atoms. The van der Waals surface area contributed by atoms with Crippen molar-refractivity contribution in [1.82, 2.24) is 20.4 Å². The maximum Gasteiger partial charge on any atom is 0.573 e. The average Bonchev–Trinajstić information content (AvgIpc) is 3.08. The van der Waals surface area contributed by atoms with Crippen molar-refractivity contribution in [2.75, 3.05) is 36.8 Å². The van der Waals surface area contributed by atoms with Crippen molar-refractivity contribution in [2.24, 2.45) is 11.8 Å². The third-order valence-electron chi connectivity index (χ3n) is 8.63. The molecule has 52 heavy (non-hydrogen) atoms. The maximum absolute atomic E-state index is 12.5. The van der Waals surface area contributed by atoms with Crippen LogP contribution in [0.25, 0.3) is 0 Å². The van der Waals surface area contributed by atoms with Gasteiger partial charge in [-0.3, -0.25) is 9.59 Å². The van der Waals surface area contributed by atoms with Crippen LogP contribution in [-0.4, -0.2) is 78.3 Å². The number of benzene rings is 2. The molecule has 2 aliphatic heterocycles. The molecule has 0 aliphatic carbocycles. The Morgan fingerprint density at radius 1 is 0.692 bits per heavy atom. The summed E-state index contributed by atoms with van der Waals surface area (Å²) in [4.78, 5) is 51.7. The highest BCUT2D eigenvalue weighted by Gasteiger charge is 2.32. The maximum atomic E-state index is 12.5. The molecule has 0 radical (unpaired) electrons. The second-order valence-corrected chi connectivity index (χ2v) is 13.0. The van der Waals surface area contributed by atoms with E-state index in [0.29, 0.717) is 63.2 Å². The minimum atomic E-state index is -4.75. The fourth-order valence-electron chi connectivity index (χ4n) is 5.53. The van der Waals surface area contributed by atoms with Gasteiger partial charge in [0.2, 0.25) is 11.8 Å². The molecule has 2 aromatic carbocycles. The van der Waals surface area contributed by atoms with Crippen LogP contribution in [0.3, 0.4) is 0 Å². The molecular formula is C35H46F6N6O5. The number of urea groups is 2. The number of nitrogens with one attached hydrogen (secondary N) is 4. The first kappa shape index (κ1) is 41.7. The average molecular weight is 745 g/mol. The first-order chi connectivity index (χ1) is 24.3. The lowest BCUT2D eigenvalue weighted by atomic mass is 10.0. The first-order valence-corrected chi connectivity index (χ1v) is 17.1. The zero-order valence-corrected chi connectivity index (χ0v) is 29.5. The summed E-state index contributed by atoms with van der Waals surface area (Å²) in [7, 11) is 0. The molecule has 2 heterocycles. The van der Waals surface area contributed by atoms with Gasteiger partial charge in [-0.15, -0.1) is 13.2 Å². The number of nitrogens with zero attached hydrogens (tertiary/aromatic N) is 2. The smallest absolute Gasteiger partial charge is 0.406 e. The van der Waals surface area contributed by atoms with Gasteiger partial charge in [0, 0.05) is 61.5 Å². The van der Waals surface area contributed by atoms with Crippen LogP contribution in [0.5, 0.6) is 5.75 Å². The van der Waals surface area contributed by atoms with Crippen molar-refractivity contribution in [1.29, 1.82) is 0 Å². The quantitative estimate of drug-likeness (QED) is 0.212. The molecule has 11 nitrogen and oxygen atoms in total. The lowest BCUT2D eigenvalue weighted by Gasteiger charge is -2.33. The van der Waals surface area contributed by atoms with Crippen LogP contribution in [-0.2, 0) is 15.8 Å². The predicted octanol–water partition coefficient (Wildman–Crippen LogP) is 7.22. The summed E-state index contributed by atoms with van der Waals surface area (Å²) in [6, 6.07) is 8.16. The van der Waals surface area contributed by atoms with Gasteiger partial charge in [-0.05, 0) is 80.6 Å². The Balaban J connectivity index is 0.000000280. The van der Waals surface area contributed by atoms with E-state index >= 15 is 0 Å². The van der Waals surface area contributed by atoms with Gasteiger partial charge in [-0.25, -0.2) is 9.59 Å². The Kier molecular flexibility index (Phi) is 15.0. The fourth-order valence-corrected chi connectivity index (χ4v) is 5.53. The highest BCUT2D eigenvalue weighted by atomic mass is 19.4. The van der Waals surface area contributed by atoms with Gasteiger partial charge < -0.3 is 35.8 Å². The van der Waals surface area contributed by atoms with Crippen LogP contribution in [0.15, 0.2) is 48.5 Å². The summed E-state index contributed by atoms with van der Waals surface area (Å²) in [6.45, 7) is 9.95. The zero-order valence-electron chi connectivity index (χ0n) is 29.5. The topological polar surface area (TPSA) is 132 Å². The summed E-state index contributed by atoms with van der Waals surface area (Å²) in [5, 5.41) is 10.7. The number of piperidine rings is 2. The van der Waals surface area contributed by atoms with E-state index in [1.165, 1.54) is 24.3 Å². The van der Waals surface area contributed by atoms with Gasteiger partial charge >= 0.3 is 24.6 Å². The minimum absolute atomic E-state index is 0.00229. The van der Waals surface area contributed by atoms with Crippen molar-refractivity contribution < 1.29 is 50.3 Å². The van der Waals surface area contributed by atoms with E-state index in [0.717, 1.165) is 30.7 Å². The third kappa shape index (κ3) is 13.8. The number of likely N-dealkylation sites (tertiary alicyclic amines) is 2. The van der Waals surface area contributed by atoms with Crippen LogP contribution >= 0.6 is 0 Å². The number of halogens is 6. The van der Waals surface area contributed by atoms with E-state index in [9.17, 15) is 45.5 Å². The summed E-state index contributed by atoms with van der Waals surface area (Å²) in [5.74, 6) is -0.158. The van der Waals surface area contributed by atoms with Crippen molar-refractivity contribution in [2.45, 2.75) is 84.4 Å². The van der Waals surface area contributed by atoms with Gasteiger partial charge in [-0.2, -0.15) is 13.2 Å². The van der Waals surface area contributed by atoms with Crippen LogP contribution in [0.4, 0.5) is 47.3 Å². The molecule has 0 aromatic heterocycles. The first-order valence-electron chi connectivity index (χ1n) is 17.1. The summed E-state index contributed by atoms with van der Waals surface area (Å²) < 4.78 is 77.7. The lowest BCUT2D eigenvalue weighted by Crippen LogP contribution is -2.48. The Labute approximate surface area is 298 Å². The second kappa shape index (κ2) is 18.7. The van der Waals surface area contributed by atoms with Crippen molar-refractivity contribution in [3.8, 4) is 5.75 Å². The van der Waals surface area contributed by atoms with Crippen LogP contribution in [0, 0.1) is 11.8 Å². The van der Waals surface area contributed by atoms with Gasteiger partial charge in [0.25, 0.3) is 0 Å². The molecule has 4 rings (SSSR count). The number of anilines is 2. The molecular weight excluding hydrogens is 698 g/mol. The number of alkyl halides is 6. The summed E-state index contributed by atoms with van der Waals surface area (Å²) in [6.07, 6.45) is -5.73. The number of ether oxygens (including phenoxy) is 1. The zero-order chi connectivity index (χ0) is 38.6. The van der Waals surface area contributed by atoms with Crippen molar-refractivity contribution >= 4 is 35.3 Å². The molecule has 17 heteroatoms. The standard InChI is InChI=1S/C18H24F3N3O2.C17H22F3N3O3/c1-3-12(2)16(25)24-10-8-15(9-11-24)23-17(26)22-14-6-4-13(5-7-14)18(19,20)21;1-11(2)15(24)23-9-7-13(8-10-23)22-16(25)21-12-3-5-14(6-4-12)26-17(18,19)20/h4-7,12,15H,3,8-11H2,1-2H3,(H2,22,23,26);3-6,11,13H,7-10H2,1-2H3,(H2,21,22,25)/t12-;/m0./s1. The molecule has 0 unspecified atom stereocenters. The molecule has 0 saturated carbocycles. The fraction of sp³-hybridized carbons (Fsp3) is 0.543. The van der Waals surface area contributed by atoms with Gasteiger partial charge in [0.1, 0.15) is 5.75 Å². The predicted molar refractivity (Wildman–Crippen MR) is 182 cm³/mol. The molecule has 0 spiro atoms. The Hall–Kier alpha value is -4.70. The van der Waals surface area contributed by atoms with Gasteiger partial charge in [0.05, 0.1) is 5.56 Å². The SMILES string of the molecule is CC(C)C(=O)N1CCC(NC(=O)Nc2ccc(OC(F)(F)F)cc2)CC1.CC[C@H](C)C(=O)N1CCC(NC(=O)Nc2ccc(C(F)(F)F)cc2)CC1. The Morgan fingerprint density at radius 3 is 1.46 bits per heavy atom. The lowest BCUT2D eigenvalue weighted by molar-refractivity contribution is -0.274. The van der Waals surface area contributed by atoms with E-state index in [2.05, 4.69) is 26.0 Å². The van der Waals surface area contributed by atoms with Crippen LogP contribution < -0.4 is 26.0 Å². The monoisotopic (exact) mass is 744 g/mol. The van der Waals surface area contributed by atoms with Crippen LogP contribution in [0.1, 0.15) is 65.4 Å². The number of amides is 6. The number of carbonyl (C=O) groups excluding carboxylic acids is 4. The number of hydrogen-bond acceptors (Lipinski definition) is 5. The summed E-state index contributed by atoms with van der Waals surface area (Å²) in [5.41, 5.74) is -0.119. The number of carbonyl (C=O) groups is 4.